The Morgan fingerprint density at radius 2 is 1.05 bits per heavy atom. The molecule has 9 heteroatoms. The van der Waals surface area contributed by atoms with Gasteiger partial charge in [0, 0.05) is 12.1 Å². The number of carbonyl (C=O) groups excluding carboxylic acids is 2. The summed E-state index contributed by atoms with van der Waals surface area (Å²) in [6.45, 7) is 1.17. The molecule has 2 unspecified atom stereocenters. The fourth-order valence-electron chi connectivity index (χ4n) is 1.25. The van der Waals surface area contributed by atoms with Crippen LogP contribution in [-0.2, 0) is 26.7 Å². The predicted molar refractivity (Wildman–Crippen MR) is 71.8 cm³/mol. The number of hydrogen-bond donors (Lipinski definition) is 4. The van der Waals surface area contributed by atoms with E-state index in [1.165, 1.54) is 0 Å². The van der Waals surface area contributed by atoms with E-state index in [0.29, 0.717) is 25.9 Å². The van der Waals surface area contributed by atoms with Gasteiger partial charge in [0.25, 0.3) is 0 Å². The second-order valence-corrected chi connectivity index (χ2v) is 4.42. The van der Waals surface area contributed by atoms with Crippen molar-refractivity contribution in [2.24, 2.45) is 22.9 Å². The Morgan fingerprint density at radius 1 is 0.762 bits per heavy atom. The van der Waals surface area contributed by atoms with Crippen molar-refractivity contribution in [3.8, 4) is 0 Å². The molecule has 8 N–H and O–H groups in total. The predicted octanol–water partition coefficient (Wildman–Crippen LogP) is -3.62. The molecule has 0 aromatic carbocycles. The van der Waals surface area contributed by atoms with E-state index in [9.17, 15) is 19.8 Å². The average molecular weight is 354 g/mol. The second-order valence-electron chi connectivity index (χ2n) is 4.42. The Morgan fingerprint density at radius 3 is 1.24 bits per heavy atom. The number of carboxylic acids is 2. The summed E-state index contributed by atoms with van der Waals surface area (Å²) in [6, 6.07) is -1.65. The summed E-state index contributed by atoms with van der Waals surface area (Å²) in [4.78, 5) is 20.1. The fourth-order valence-corrected chi connectivity index (χ4v) is 1.25. The van der Waals surface area contributed by atoms with Crippen LogP contribution in [-0.4, -0.2) is 37.1 Å². The molecule has 2 atom stereocenters. The van der Waals surface area contributed by atoms with Gasteiger partial charge in [-0.15, -0.1) is 0 Å². The Balaban J connectivity index is -0.000000295. The van der Waals surface area contributed by atoms with Gasteiger partial charge in [0.15, 0.2) is 0 Å². The Hall–Kier alpha value is -0.701. The number of nitrogens with two attached hydrogens (primary N) is 4. The van der Waals surface area contributed by atoms with E-state index in [0.717, 1.165) is 25.7 Å². The van der Waals surface area contributed by atoms with E-state index < -0.39 is 24.0 Å². The summed E-state index contributed by atoms with van der Waals surface area (Å²) in [5.74, 6) is -2.37. The maximum Gasteiger partial charge on any atom is 2.00 e. The van der Waals surface area contributed by atoms with Crippen LogP contribution in [0.15, 0.2) is 0 Å². The summed E-state index contributed by atoms with van der Waals surface area (Å²) < 4.78 is 0. The largest absolute Gasteiger partial charge is 2.00 e. The van der Waals surface area contributed by atoms with Crippen LogP contribution >= 0.6 is 0 Å². The molecule has 0 aliphatic carbocycles. The van der Waals surface area contributed by atoms with E-state index in [1.807, 2.05) is 0 Å². The molecule has 1 radical (unpaired) electrons. The normalized spacial score (nSPS) is 12.4. The number of aliphatic carboxylic acids is 2. The smallest absolute Gasteiger partial charge is 0.548 e. The first-order valence-electron chi connectivity index (χ1n) is 6.69. The van der Waals surface area contributed by atoms with Crippen molar-refractivity contribution in [1.82, 2.24) is 0 Å². The van der Waals surface area contributed by atoms with Gasteiger partial charge in [-0.05, 0) is 38.8 Å². The van der Waals surface area contributed by atoms with Crippen molar-refractivity contribution in [2.45, 2.75) is 50.6 Å². The third-order valence-electron chi connectivity index (χ3n) is 2.54. The monoisotopic (exact) mass is 353 g/mol. The van der Waals surface area contributed by atoms with Gasteiger partial charge in [-0.3, -0.25) is 0 Å². The molecule has 0 aromatic heterocycles. The molecule has 0 aliphatic rings. The Kier molecular flexibility index (Phi) is 20.9. The molecule has 0 amide bonds. The van der Waals surface area contributed by atoms with Gasteiger partial charge in [0.05, 0.1) is 11.9 Å². The molecule has 0 spiro atoms. The third kappa shape index (κ3) is 19.3. The van der Waals surface area contributed by atoms with Crippen LogP contribution < -0.4 is 33.1 Å². The molecule has 21 heavy (non-hydrogen) atoms. The Bertz CT molecular complexity index is 244. The number of rotatable bonds is 10. The molecular weight excluding hydrogens is 328 g/mol. The molecule has 0 saturated heterocycles. The topological polar surface area (TPSA) is 184 Å². The van der Waals surface area contributed by atoms with E-state index >= 15 is 0 Å². The first kappa shape index (κ1) is 25.3. The minimum Gasteiger partial charge on any atom is -0.548 e. The van der Waals surface area contributed by atoms with Crippen molar-refractivity contribution in [2.75, 3.05) is 13.1 Å². The third-order valence-corrected chi connectivity index (χ3v) is 2.54. The van der Waals surface area contributed by atoms with E-state index in [4.69, 9.17) is 22.9 Å². The summed E-state index contributed by atoms with van der Waals surface area (Å²) in [5.41, 5.74) is 20.7. The fraction of sp³-hybridized carbons (Fsp3) is 0.833. The molecule has 129 valence electrons. The molecule has 0 fully saturated rings. The van der Waals surface area contributed by atoms with Gasteiger partial charge in [-0.1, -0.05) is 12.8 Å². The van der Waals surface area contributed by atoms with Gasteiger partial charge in [0.1, 0.15) is 0 Å². The summed E-state index contributed by atoms with van der Waals surface area (Å²) in [6.07, 6.45) is 4.07. The number of carbonyl (C=O) groups is 2. The maximum atomic E-state index is 10.0. The van der Waals surface area contributed by atoms with Gasteiger partial charge < -0.3 is 42.7 Å². The van der Waals surface area contributed by atoms with E-state index in [2.05, 4.69) is 0 Å². The van der Waals surface area contributed by atoms with Crippen LogP contribution in [0, 0.1) is 0 Å². The molecule has 0 heterocycles. The molecule has 0 bridgehead atoms. The number of unbranched alkanes of at least 4 members (excludes halogenated alkanes) is 2. The van der Waals surface area contributed by atoms with Gasteiger partial charge in [0.2, 0.25) is 0 Å². The Labute approximate surface area is 136 Å². The minimum absolute atomic E-state index is 0. The quantitative estimate of drug-likeness (QED) is 0.229. The second kappa shape index (κ2) is 17.4. The number of hydrogen-bond acceptors (Lipinski definition) is 8. The van der Waals surface area contributed by atoms with E-state index in [-0.39, 0.29) is 17.1 Å². The molecule has 8 nitrogen and oxygen atoms in total. The van der Waals surface area contributed by atoms with Crippen molar-refractivity contribution >= 4 is 11.9 Å². The van der Waals surface area contributed by atoms with Crippen LogP contribution in [0.5, 0.6) is 0 Å². The minimum atomic E-state index is -1.18. The molecule has 0 aliphatic heterocycles. The molecule has 0 saturated carbocycles. The van der Waals surface area contributed by atoms with Crippen LogP contribution in [0.2, 0.25) is 0 Å². The average Bonchev–Trinajstić information content (AvgIpc) is 2.39. The van der Waals surface area contributed by atoms with Crippen LogP contribution in [0.3, 0.4) is 0 Å². The molecule has 0 aromatic rings. The van der Waals surface area contributed by atoms with Crippen molar-refractivity contribution < 1.29 is 36.9 Å². The molecular formula is C12H26CuN4O4. The van der Waals surface area contributed by atoms with Crippen molar-refractivity contribution in [1.29, 1.82) is 0 Å². The van der Waals surface area contributed by atoms with Crippen LogP contribution in [0.25, 0.3) is 0 Å². The zero-order chi connectivity index (χ0) is 16.0. The van der Waals surface area contributed by atoms with E-state index in [1.54, 1.807) is 0 Å². The zero-order valence-corrected chi connectivity index (χ0v) is 13.0. The van der Waals surface area contributed by atoms with Crippen LogP contribution in [0.1, 0.15) is 38.5 Å². The van der Waals surface area contributed by atoms with Gasteiger partial charge in [-0.25, -0.2) is 0 Å². The molecule has 0 rings (SSSR count). The van der Waals surface area contributed by atoms with Crippen LogP contribution in [0.4, 0.5) is 0 Å². The maximum absolute atomic E-state index is 10.0. The number of carboxylic acid groups (broad SMARTS) is 2. The SMILES string of the molecule is NCCCCC(N)C(=O)[O-].NCCCCC(N)C(=O)[O-].[Cu+2]. The van der Waals surface area contributed by atoms with Gasteiger partial charge >= 0.3 is 17.1 Å². The van der Waals surface area contributed by atoms with Crippen molar-refractivity contribution in [3.05, 3.63) is 0 Å². The summed E-state index contributed by atoms with van der Waals surface area (Å²) >= 11 is 0. The van der Waals surface area contributed by atoms with Gasteiger partial charge in [-0.2, -0.15) is 0 Å². The zero-order valence-electron chi connectivity index (χ0n) is 12.1. The van der Waals surface area contributed by atoms with Crippen molar-refractivity contribution in [3.63, 3.8) is 0 Å². The summed E-state index contributed by atoms with van der Waals surface area (Å²) in [7, 11) is 0. The standard InChI is InChI=1S/2C6H14N2O2.Cu/c2*7-4-2-1-3-5(8)6(9)10;/h2*5H,1-4,7-8H2,(H,9,10);/q;;+2/p-2. The first-order valence-corrected chi connectivity index (χ1v) is 6.69. The summed E-state index contributed by atoms with van der Waals surface area (Å²) in [5, 5.41) is 20.1. The first-order chi connectivity index (χ1) is 9.36.